The number of anilines is 1. The first-order valence-electron chi connectivity index (χ1n) is 13.5. The van der Waals surface area contributed by atoms with Crippen LogP contribution in [0.25, 0.3) is 16.7 Å². The minimum atomic E-state index is -0.763. The number of fused-ring (bicyclic) bond motifs is 2. The summed E-state index contributed by atoms with van der Waals surface area (Å²) in [4.78, 5) is 34.5. The summed E-state index contributed by atoms with van der Waals surface area (Å²) in [6.07, 6.45) is 6.92. The van der Waals surface area contributed by atoms with E-state index in [1.54, 1.807) is 35.6 Å². The summed E-state index contributed by atoms with van der Waals surface area (Å²) in [5, 5.41) is 10.3. The number of hydrogen-bond acceptors (Lipinski definition) is 8. The molecule has 5 heterocycles. The molecule has 3 aromatic heterocycles. The molecule has 2 aliphatic rings. The molecule has 0 unspecified atom stereocenters. The van der Waals surface area contributed by atoms with E-state index in [0.717, 1.165) is 37.3 Å². The number of aliphatic hydroxyl groups is 1. The number of carbonyl (C=O) groups is 1. The van der Waals surface area contributed by atoms with Crippen LogP contribution in [0.4, 0.5) is 10.1 Å². The van der Waals surface area contributed by atoms with Crippen molar-refractivity contribution < 1.29 is 18.7 Å². The fraction of sp³-hybridized carbons (Fsp3) is 0.379. The number of hydrogen-bond donors (Lipinski definition) is 3. The molecule has 1 aromatic carbocycles. The van der Waals surface area contributed by atoms with Gasteiger partial charge in [-0.3, -0.25) is 9.78 Å². The summed E-state index contributed by atoms with van der Waals surface area (Å²) in [5.41, 5.74) is 8.80. The fourth-order valence-electron chi connectivity index (χ4n) is 5.79. The number of oxazole rings is 1. The van der Waals surface area contributed by atoms with Crippen molar-refractivity contribution in [2.45, 2.75) is 44.8 Å². The number of benzene rings is 1. The molecule has 0 bridgehead atoms. The molecular formula is C29H32FN7O3. The number of halogens is 1. The molecule has 2 aliphatic heterocycles. The third kappa shape index (κ3) is 4.60. The Balaban J connectivity index is 1.26. The normalized spacial score (nSPS) is 18.8. The highest BCUT2D eigenvalue weighted by molar-refractivity contribution is 6.19. The van der Waals surface area contributed by atoms with Crippen LogP contribution in [-0.2, 0) is 11.2 Å². The number of rotatable bonds is 5. The van der Waals surface area contributed by atoms with E-state index in [4.69, 9.17) is 10.2 Å². The first-order chi connectivity index (χ1) is 19.2. The van der Waals surface area contributed by atoms with Crippen LogP contribution in [0, 0.1) is 11.7 Å². The molecule has 1 saturated heterocycles. The molecule has 6 rings (SSSR count). The largest absolute Gasteiger partial charge is 0.435 e. The maximum Gasteiger partial charge on any atom is 0.258 e. The zero-order valence-electron chi connectivity index (χ0n) is 22.5. The molecule has 10 nitrogen and oxygen atoms in total. The van der Waals surface area contributed by atoms with Gasteiger partial charge in [-0.1, -0.05) is 6.07 Å². The third-order valence-electron chi connectivity index (χ3n) is 8.08. The van der Waals surface area contributed by atoms with Gasteiger partial charge < -0.3 is 30.0 Å². The second-order valence-corrected chi connectivity index (χ2v) is 11.0. The van der Waals surface area contributed by atoms with E-state index in [2.05, 4.69) is 24.8 Å². The first kappa shape index (κ1) is 26.0. The summed E-state index contributed by atoms with van der Waals surface area (Å²) in [5.74, 6) is -0.445. The molecule has 0 radical (unpaired) electrons. The monoisotopic (exact) mass is 545 g/mol. The highest BCUT2D eigenvalue weighted by Crippen LogP contribution is 2.37. The van der Waals surface area contributed by atoms with Gasteiger partial charge in [-0.25, -0.2) is 14.4 Å². The lowest BCUT2D eigenvalue weighted by atomic mass is 9.83. The highest BCUT2D eigenvalue weighted by Gasteiger charge is 2.39. The van der Waals surface area contributed by atoms with Crippen LogP contribution in [0.2, 0.25) is 0 Å². The Labute approximate surface area is 230 Å². The number of amides is 1. The van der Waals surface area contributed by atoms with Gasteiger partial charge in [0.2, 0.25) is 5.89 Å². The molecule has 0 aliphatic carbocycles. The number of nitrogens with zero attached hydrogens (tertiary/aromatic N) is 5. The second kappa shape index (κ2) is 10.1. The Morgan fingerprint density at radius 3 is 2.67 bits per heavy atom. The maximum atomic E-state index is 14.4. The van der Waals surface area contributed by atoms with Gasteiger partial charge in [0, 0.05) is 37.9 Å². The molecule has 4 N–H and O–H groups in total. The molecule has 1 atom stereocenters. The number of imidazole rings is 1. The zero-order valence-corrected chi connectivity index (χ0v) is 22.5. The minimum absolute atomic E-state index is 0.0333. The number of pyridine rings is 1. The number of aromatic nitrogens is 4. The van der Waals surface area contributed by atoms with Crippen molar-refractivity contribution in [2.75, 3.05) is 24.5 Å². The number of piperidine rings is 1. The van der Waals surface area contributed by atoms with E-state index in [9.17, 15) is 14.3 Å². The molecule has 4 aromatic rings. The standard InChI is InChI=1S/C29H32FN7O3/c1-29(2,39)17-8-11-36(12-9-17)18-6-7-21(32-15-18)19(14-31)28(38)37-13-10-22-24(34-16-33-22)25(37)27-35-23-5-3-4-20(30)26(23)40-27/h3-7,14-17,25,39H,8-13,31H2,1-2H3,(H,33,34)/t25-/m0/s1. The van der Waals surface area contributed by atoms with Crippen LogP contribution in [-0.4, -0.2) is 61.1 Å². The molecule has 11 heteroatoms. The topological polar surface area (TPSA) is 137 Å². The summed E-state index contributed by atoms with van der Waals surface area (Å²) in [7, 11) is 0. The predicted octanol–water partition coefficient (Wildman–Crippen LogP) is 3.55. The van der Waals surface area contributed by atoms with Crippen LogP contribution in [0.5, 0.6) is 0 Å². The van der Waals surface area contributed by atoms with Gasteiger partial charge in [-0.15, -0.1) is 0 Å². The van der Waals surface area contributed by atoms with E-state index in [1.165, 1.54) is 12.3 Å². The average molecular weight is 546 g/mol. The molecule has 40 heavy (non-hydrogen) atoms. The highest BCUT2D eigenvalue weighted by atomic mass is 19.1. The van der Waals surface area contributed by atoms with Gasteiger partial charge in [0.1, 0.15) is 5.52 Å². The van der Waals surface area contributed by atoms with E-state index < -0.39 is 17.5 Å². The van der Waals surface area contributed by atoms with E-state index in [0.29, 0.717) is 29.9 Å². The summed E-state index contributed by atoms with van der Waals surface area (Å²) in [6.45, 7) is 5.72. The fourth-order valence-corrected chi connectivity index (χ4v) is 5.79. The summed E-state index contributed by atoms with van der Waals surface area (Å²) in [6, 6.07) is 7.50. The smallest absolute Gasteiger partial charge is 0.258 e. The van der Waals surface area contributed by atoms with Crippen molar-refractivity contribution in [3.05, 3.63) is 77.8 Å². The Morgan fingerprint density at radius 1 is 1.20 bits per heavy atom. The van der Waals surface area contributed by atoms with Crippen LogP contribution in [0.1, 0.15) is 55.7 Å². The summed E-state index contributed by atoms with van der Waals surface area (Å²) >= 11 is 0. The van der Waals surface area contributed by atoms with Crippen LogP contribution in [0.3, 0.4) is 0 Å². The van der Waals surface area contributed by atoms with Crippen LogP contribution in [0.15, 0.2) is 53.5 Å². The van der Waals surface area contributed by atoms with Gasteiger partial charge in [0.05, 0.1) is 40.8 Å². The van der Waals surface area contributed by atoms with E-state index in [-0.39, 0.29) is 28.9 Å². The molecule has 1 fully saturated rings. The minimum Gasteiger partial charge on any atom is -0.435 e. The Kier molecular flexibility index (Phi) is 6.53. The molecule has 1 amide bonds. The van der Waals surface area contributed by atoms with Crippen molar-refractivity contribution >= 4 is 28.3 Å². The summed E-state index contributed by atoms with van der Waals surface area (Å²) < 4.78 is 20.3. The number of H-pyrrole nitrogens is 1. The zero-order chi connectivity index (χ0) is 28.0. The predicted molar refractivity (Wildman–Crippen MR) is 147 cm³/mol. The third-order valence-corrected chi connectivity index (χ3v) is 8.08. The lowest BCUT2D eigenvalue weighted by molar-refractivity contribution is -0.127. The quantitative estimate of drug-likeness (QED) is 0.324. The number of nitrogens with two attached hydrogens (primary N) is 1. The van der Waals surface area contributed by atoms with Gasteiger partial charge in [0.15, 0.2) is 17.4 Å². The van der Waals surface area contributed by atoms with Gasteiger partial charge in [0.25, 0.3) is 5.91 Å². The van der Waals surface area contributed by atoms with Crippen molar-refractivity contribution in [1.82, 2.24) is 24.8 Å². The molecular weight excluding hydrogens is 513 g/mol. The average Bonchev–Trinajstić information content (AvgIpc) is 3.61. The van der Waals surface area contributed by atoms with Crippen LogP contribution >= 0.6 is 0 Å². The lowest BCUT2D eigenvalue weighted by Crippen LogP contribution is -2.42. The van der Waals surface area contributed by atoms with Gasteiger partial charge in [-0.2, -0.15) is 0 Å². The Hall–Kier alpha value is -4.25. The number of carbonyl (C=O) groups excluding carboxylic acids is 1. The second-order valence-electron chi connectivity index (χ2n) is 11.0. The molecule has 0 spiro atoms. The van der Waals surface area contributed by atoms with Crippen molar-refractivity contribution in [1.29, 1.82) is 0 Å². The van der Waals surface area contributed by atoms with Crippen molar-refractivity contribution in [3.63, 3.8) is 0 Å². The van der Waals surface area contributed by atoms with Crippen LogP contribution < -0.4 is 10.6 Å². The number of aromatic amines is 1. The number of para-hydroxylation sites is 1. The molecule has 208 valence electrons. The van der Waals surface area contributed by atoms with Crippen molar-refractivity contribution in [3.8, 4) is 0 Å². The SMILES string of the molecule is CC(C)(O)C1CCN(c2ccc(C(=CN)C(=O)N3CCc4[nH]cnc4[C@H]3c3nc4cccc(F)c4o3)nc2)CC1. The lowest BCUT2D eigenvalue weighted by Gasteiger charge is -2.38. The Morgan fingerprint density at radius 2 is 2.00 bits per heavy atom. The van der Waals surface area contributed by atoms with Gasteiger partial charge >= 0.3 is 0 Å². The Bertz CT molecular complexity index is 1560. The maximum absolute atomic E-state index is 14.4. The van der Waals surface area contributed by atoms with E-state index in [1.807, 2.05) is 19.9 Å². The molecule has 0 saturated carbocycles. The van der Waals surface area contributed by atoms with E-state index >= 15 is 0 Å². The van der Waals surface area contributed by atoms with Crippen molar-refractivity contribution in [2.24, 2.45) is 11.7 Å². The number of nitrogens with one attached hydrogen (secondary N) is 1. The first-order valence-corrected chi connectivity index (χ1v) is 13.5. The van der Waals surface area contributed by atoms with Gasteiger partial charge in [-0.05, 0) is 56.9 Å².